The quantitative estimate of drug-likeness (QED) is 0.768. The number of fused-ring (bicyclic) bond motifs is 1. The van der Waals surface area contributed by atoms with Crippen LogP contribution in [0.25, 0.3) is 0 Å². The van der Waals surface area contributed by atoms with Crippen molar-refractivity contribution in [1.82, 2.24) is 4.90 Å². The molecule has 1 aliphatic carbocycles. The van der Waals surface area contributed by atoms with Gasteiger partial charge in [-0.15, -0.1) is 0 Å². The van der Waals surface area contributed by atoms with E-state index in [0.717, 1.165) is 24.2 Å². The van der Waals surface area contributed by atoms with E-state index in [4.69, 9.17) is 4.42 Å². The molecule has 0 spiro atoms. The van der Waals surface area contributed by atoms with Crippen molar-refractivity contribution in [3.63, 3.8) is 0 Å². The van der Waals surface area contributed by atoms with Gasteiger partial charge in [-0.1, -0.05) is 12.1 Å². The highest BCUT2D eigenvalue weighted by molar-refractivity contribution is 5.98. The summed E-state index contributed by atoms with van der Waals surface area (Å²) in [6.45, 7) is 0.429. The largest absolute Gasteiger partial charge is 0.467 e. The van der Waals surface area contributed by atoms with E-state index in [1.807, 2.05) is 18.2 Å². The Balaban J connectivity index is 1.53. The van der Waals surface area contributed by atoms with Crippen LogP contribution >= 0.6 is 0 Å². The maximum Gasteiger partial charge on any atom is 0.223 e. The van der Waals surface area contributed by atoms with E-state index in [0.29, 0.717) is 6.54 Å². The number of furan rings is 1. The second kappa shape index (κ2) is 6.82. The Morgan fingerprint density at radius 2 is 1.96 bits per heavy atom. The molecule has 0 radical (unpaired) electrons. The van der Waals surface area contributed by atoms with Gasteiger partial charge in [0, 0.05) is 25.5 Å². The molecule has 120 valence electrons. The van der Waals surface area contributed by atoms with E-state index >= 15 is 0 Å². The lowest BCUT2D eigenvalue weighted by atomic mass is 10.0. The van der Waals surface area contributed by atoms with Gasteiger partial charge in [0.2, 0.25) is 5.91 Å². The molecule has 3 rings (SSSR count). The van der Waals surface area contributed by atoms with Gasteiger partial charge in [-0.2, -0.15) is 0 Å². The van der Waals surface area contributed by atoms with Gasteiger partial charge in [0.1, 0.15) is 5.76 Å². The number of carbonyl (C=O) groups excluding carboxylic acids is 2. The van der Waals surface area contributed by atoms with Crippen LogP contribution < -0.4 is 0 Å². The topological polar surface area (TPSA) is 50.5 Å². The van der Waals surface area contributed by atoms with Crippen molar-refractivity contribution < 1.29 is 14.0 Å². The van der Waals surface area contributed by atoms with Crippen LogP contribution in [0.3, 0.4) is 0 Å². The molecular formula is C19H21NO3. The maximum atomic E-state index is 12.3. The molecule has 0 saturated heterocycles. The molecule has 0 bridgehead atoms. The normalized spacial score (nSPS) is 12.9. The van der Waals surface area contributed by atoms with Gasteiger partial charge in [-0.25, -0.2) is 0 Å². The Hall–Kier alpha value is -2.36. The first-order valence-corrected chi connectivity index (χ1v) is 8.05. The van der Waals surface area contributed by atoms with Crippen molar-refractivity contribution in [1.29, 1.82) is 0 Å². The van der Waals surface area contributed by atoms with Gasteiger partial charge < -0.3 is 9.32 Å². The van der Waals surface area contributed by atoms with Gasteiger partial charge >= 0.3 is 0 Å². The first-order valence-electron chi connectivity index (χ1n) is 8.05. The first-order chi connectivity index (χ1) is 11.1. The molecule has 4 heteroatoms. The second-order valence-corrected chi connectivity index (χ2v) is 6.09. The van der Waals surface area contributed by atoms with Crippen LogP contribution in [0.1, 0.15) is 46.5 Å². The van der Waals surface area contributed by atoms with Crippen LogP contribution in [0.4, 0.5) is 0 Å². The summed E-state index contributed by atoms with van der Waals surface area (Å²) in [6.07, 6.45) is 5.41. The number of amides is 1. The summed E-state index contributed by atoms with van der Waals surface area (Å²) in [4.78, 5) is 26.0. The summed E-state index contributed by atoms with van der Waals surface area (Å²) in [5.41, 5.74) is 3.38. The maximum absolute atomic E-state index is 12.3. The van der Waals surface area contributed by atoms with E-state index < -0.39 is 0 Å². The molecular weight excluding hydrogens is 290 g/mol. The third-order valence-corrected chi connectivity index (χ3v) is 4.39. The molecule has 0 atom stereocenters. The molecule has 1 aromatic carbocycles. The number of nitrogens with zero attached hydrogens (tertiary/aromatic N) is 1. The minimum Gasteiger partial charge on any atom is -0.467 e. The molecule has 0 unspecified atom stereocenters. The Morgan fingerprint density at radius 1 is 1.13 bits per heavy atom. The zero-order valence-corrected chi connectivity index (χ0v) is 13.4. The third kappa shape index (κ3) is 3.70. The van der Waals surface area contributed by atoms with E-state index in [-0.39, 0.29) is 24.5 Å². The minimum absolute atomic E-state index is 0.0412. The van der Waals surface area contributed by atoms with Crippen LogP contribution in [-0.4, -0.2) is 23.6 Å². The Bertz CT molecular complexity index is 703. The van der Waals surface area contributed by atoms with Crippen molar-refractivity contribution in [3.05, 3.63) is 59.0 Å². The average molecular weight is 311 g/mol. The minimum atomic E-state index is -0.0455. The second-order valence-electron chi connectivity index (χ2n) is 6.09. The third-order valence-electron chi connectivity index (χ3n) is 4.39. The predicted molar refractivity (Wildman–Crippen MR) is 87.2 cm³/mol. The molecule has 1 aliphatic rings. The number of ketones is 1. The molecule has 4 nitrogen and oxygen atoms in total. The summed E-state index contributed by atoms with van der Waals surface area (Å²) in [7, 11) is 1.73. The molecule has 0 fully saturated rings. The van der Waals surface area contributed by atoms with E-state index in [1.165, 1.54) is 17.5 Å². The molecule has 23 heavy (non-hydrogen) atoms. The zero-order valence-electron chi connectivity index (χ0n) is 13.4. The lowest BCUT2D eigenvalue weighted by Crippen LogP contribution is -2.26. The molecule has 0 N–H and O–H groups in total. The van der Waals surface area contributed by atoms with Gasteiger partial charge in [-0.05, 0) is 48.6 Å². The number of Topliss-reactive ketones (excluding diaryl/α,β-unsaturated/α-hetero) is 1. The molecule has 1 heterocycles. The van der Waals surface area contributed by atoms with Crippen LogP contribution in [0.2, 0.25) is 0 Å². The SMILES string of the molecule is CN(Cc1ccco1)C(=O)CCC(=O)c1ccc2c(c1)CCC2. The number of rotatable bonds is 6. The van der Waals surface area contributed by atoms with Crippen molar-refractivity contribution in [2.75, 3.05) is 7.05 Å². The van der Waals surface area contributed by atoms with Gasteiger partial charge in [0.25, 0.3) is 0 Å². The van der Waals surface area contributed by atoms with E-state index in [9.17, 15) is 9.59 Å². The Kier molecular flexibility index (Phi) is 4.60. The number of carbonyl (C=O) groups is 2. The standard InChI is InChI=1S/C19H21NO3/c1-20(13-17-6-3-11-23-17)19(22)10-9-18(21)16-8-7-14-4-2-5-15(14)12-16/h3,6-8,11-12H,2,4-5,9-10,13H2,1H3. The number of hydrogen-bond donors (Lipinski definition) is 0. The van der Waals surface area contributed by atoms with Crippen LogP contribution in [0, 0.1) is 0 Å². The summed E-state index contributed by atoms with van der Waals surface area (Å²) in [5.74, 6) is 0.737. The van der Waals surface area contributed by atoms with Crippen molar-refractivity contribution in [2.24, 2.45) is 0 Å². The summed E-state index contributed by atoms with van der Waals surface area (Å²) < 4.78 is 5.23. The number of aryl methyl sites for hydroxylation is 2. The highest BCUT2D eigenvalue weighted by atomic mass is 16.3. The summed E-state index contributed by atoms with van der Waals surface area (Å²) in [6, 6.07) is 9.58. The fraction of sp³-hybridized carbons (Fsp3) is 0.368. The predicted octanol–water partition coefficient (Wildman–Crippen LogP) is 3.39. The molecule has 0 saturated carbocycles. The number of hydrogen-bond acceptors (Lipinski definition) is 3. The highest BCUT2D eigenvalue weighted by Crippen LogP contribution is 2.23. The van der Waals surface area contributed by atoms with Crippen LogP contribution in [0.5, 0.6) is 0 Å². The zero-order chi connectivity index (χ0) is 16.2. The van der Waals surface area contributed by atoms with E-state index in [2.05, 4.69) is 6.07 Å². The van der Waals surface area contributed by atoms with Crippen LogP contribution in [0.15, 0.2) is 41.0 Å². The highest BCUT2D eigenvalue weighted by Gasteiger charge is 2.16. The van der Waals surface area contributed by atoms with Gasteiger partial charge in [-0.3, -0.25) is 9.59 Å². The Labute approximate surface area is 136 Å². The van der Waals surface area contributed by atoms with Gasteiger partial charge in [0.15, 0.2) is 5.78 Å². The van der Waals surface area contributed by atoms with Crippen molar-refractivity contribution in [2.45, 2.75) is 38.6 Å². The fourth-order valence-corrected chi connectivity index (χ4v) is 3.03. The summed E-state index contributed by atoms with van der Waals surface area (Å²) in [5, 5.41) is 0. The van der Waals surface area contributed by atoms with Gasteiger partial charge in [0.05, 0.1) is 12.8 Å². The Morgan fingerprint density at radius 3 is 2.74 bits per heavy atom. The lowest BCUT2D eigenvalue weighted by Gasteiger charge is -2.15. The molecule has 1 amide bonds. The van der Waals surface area contributed by atoms with Crippen molar-refractivity contribution >= 4 is 11.7 Å². The number of benzene rings is 1. The van der Waals surface area contributed by atoms with Crippen LogP contribution in [-0.2, 0) is 24.2 Å². The molecule has 2 aromatic rings. The summed E-state index contributed by atoms with van der Waals surface area (Å²) >= 11 is 0. The van der Waals surface area contributed by atoms with Crippen molar-refractivity contribution in [3.8, 4) is 0 Å². The smallest absolute Gasteiger partial charge is 0.223 e. The average Bonchev–Trinajstić information content (AvgIpc) is 3.22. The fourth-order valence-electron chi connectivity index (χ4n) is 3.03. The first kappa shape index (κ1) is 15.5. The molecule has 0 aliphatic heterocycles. The molecule has 1 aromatic heterocycles. The van der Waals surface area contributed by atoms with E-state index in [1.54, 1.807) is 24.3 Å². The monoisotopic (exact) mass is 311 g/mol. The lowest BCUT2D eigenvalue weighted by molar-refractivity contribution is -0.130.